The van der Waals surface area contributed by atoms with Crippen LogP contribution in [0.25, 0.3) is 0 Å². The average molecular weight is 549 g/mol. The van der Waals surface area contributed by atoms with Crippen LogP contribution in [0, 0.1) is 0 Å². The molecular weight excluding hydrogens is 534 g/mol. The molecule has 4 rings (SSSR count). The second kappa shape index (κ2) is 8.85. The number of benzene rings is 2. The van der Waals surface area contributed by atoms with Gasteiger partial charge >= 0.3 is 12.5 Å². The molecule has 3 aromatic rings. The first-order chi connectivity index (χ1) is 15.9. The number of fused-ring (bicyclic) bond motifs is 1. The molecule has 2 atom stereocenters. The Bertz CT molecular complexity index is 1180. The van der Waals surface area contributed by atoms with E-state index in [4.69, 9.17) is 0 Å². The molecule has 180 valence electrons. The number of halogens is 7. The minimum absolute atomic E-state index is 0.0144. The zero-order valence-corrected chi connectivity index (χ0v) is 18.5. The molecule has 0 spiro atoms. The van der Waals surface area contributed by atoms with Crippen LogP contribution in [-0.4, -0.2) is 28.2 Å². The van der Waals surface area contributed by atoms with Crippen molar-refractivity contribution in [2.45, 2.75) is 31.0 Å². The van der Waals surface area contributed by atoms with Gasteiger partial charge in [-0.2, -0.15) is 18.3 Å². The summed E-state index contributed by atoms with van der Waals surface area (Å²) in [7, 11) is 0. The van der Waals surface area contributed by atoms with Gasteiger partial charge in [0.2, 0.25) is 0 Å². The van der Waals surface area contributed by atoms with E-state index in [9.17, 15) is 31.1 Å². The van der Waals surface area contributed by atoms with Crippen molar-refractivity contribution in [2.24, 2.45) is 0 Å². The van der Waals surface area contributed by atoms with Crippen molar-refractivity contribution in [3.05, 3.63) is 70.3 Å². The van der Waals surface area contributed by atoms with E-state index in [-0.39, 0.29) is 23.6 Å². The molecule has 0 unspecified atom stereocenters. The molecule has 1 amide bonds. The van der Waals surface area contributed by atoms with Crippen LogP contribution in [-0.2, 0) is 0 Å². The van der Waals surface area contributed by atoms with E-state index < -0.39 is 36.3 Å². The third-order valence-electron chi connectivity index (χ3n) is 5.04. The number of hydrogen-bond donors (Lipinski definition) is 2. The number of hydrogen-bond acceptors (Lipinski definition) is 4. The second-order valence-electron chi connectivity index (χ2n) is 7.43. The summed E-state index contributed by atoms with van der Waals surface area (Å²) >= 11 is 3.29. The molecular formula is C21H15BrF6N4O2. The first-order valence-corrected chi connectivity index (χ1v) is 10.5. The van der Waals surface area contributed by atoms with Gasteiger partial charge in [0.05, 0.1) is 6.04 Å². The molecule has 0 saturated carbocycles. The molecule has 1 aromatic heterocycles. The van der Waals surface area contributed by atoms with Gasteiger partial charge in [0.1, 0.15) is 11.6 Å². The molecule has 0 fully saturated rings. The average Bonchev–Trinajstić information content (AvgIpc) is 3.17. The van der Waals surface area contributed by atoms with Gasteiger partial charge in [-0.3, -0.25) is 4.79 Å². The van der Waals surface area contributed by atoms with Crippen molar-refractivity contribution in [1.29, 1.82) is 0 Å². The minimum Gasteiger partial charge on any atom is -0.406 e. The molecule has 0 aliphatic carbocycles. The zero-order valence-electron chi connectivity index (χ0n) is 16.9. The number of aromatic nitrogens is 2. The smallest absolute Gasteiger partial charge is 0.406 e. The fraction of sp³-hybridized carbons (Fsp3) is 0.238. The number of nitrogens with zero attached hydrogens (tertiary/aromatic N) is 2. The van der Waals surface area contributed by atoms with Gasteiger partial charge in [-0.15, -0.1) is 13.2 Å². The summed E-state index contributed by atoms with van der Waals surface area (Å²) in [5, 5.41) is 9.22. The van der Waals surface area contributed by atoms with Crippen LogP contribution in [0.1, 0.15) is 34.6 Å². The summed E-state index contributed by atoms with van der Waals surface area (Å²) < 4.78 is 83.4. The molecule has 13 heteroatoms. The molecule has 34 heavy (non-hydrogen) atoms. The lowest BCUT2D eigenvalue weighted by atomic mass is 9.97. The Labute approximate surface area is 197 Å². The number of carbonyl (C=O) groups is 1. The highest BCUT2D eigenvalue weighted by atomic mass is 79.9. The van der Waals surface area contributed by atoms with E-state index in [0.29, 0.717) is 5.56 Å². The summed E-state index contributed by atoms with van der Waals surface area (Å²) in [6, 6.07) is 9.70. The number of nitrogens with one attached hydrogen (secondary N) is 2. The standard InChI is InChI=1S/C21H15BrF6N4O2/c22-12-3-1-11(2-4-12)15-9-17(20(23,24)25)32-18(30-15)10-16(31-32)19(33)29-13-5-7-14(8-6-13)34-21(26,27)28/h1-8,10,15,17,30H,9H2,(H,29,33)/t15-,17+/m0/s1. The number of carbonyl (C=O) groups excluding carboxylic acids is 1. The number of ether oxygens (including phenoxy) is 1. The third-order valence-corrected chi connectivity index (χ3v) is 5.57. The van der Waals surface area contributed by atoms with Crippen LogP contribution in [0.15, 0.2) is 59.1 Å². The first kappa shape index (κ1) is 23.9. The lowest BCUT2D eigenvalue weighted by molar-refractivity contribution is -0.274. The number of rotatable bonds is 4. The Morgan fingerprint density at radius 2 is 1.71 bits per heavy atom. The molecule has 2 aromatic carbocycles. The molecule has 1 aliphatic heterocycles. The molecule has 2 heterocycles. The van der Waals surface area contributed by atoms with Crippen molar-refractivity contribution in [2.75, 3.05) is 10.6 Å². The molecule has 0 saturated heterocycles. The van der Waals surface area contributed by atoms with E-state index in [1.54, 1.807) is 24.3 Å². The monoisotopic (exact) mass is 548 g/mol. The maximum atomic E-state index is 13.8. The Hall–Kier alpha value is -3.22. The summed E-state index contributed by atoms with van der Waals surface area (Å²) in [5.74, 6) is -1.30. The van der Waals surface area contributed by atoms with E-state index in [0.717, 1.165) is 33.4 Å². The van der Waals surface area contributed by atoms with Gasteiger partial charge < -0.3 is 15.4 Å². The minimum atomic E-state index is -4.86. The second-order valence-corrected chi connectivity index (χ2v) is 8.34. The van der Waals surface area contributed by atoms with Gasteiger partial charge in [-0.25, -0.2) is 4.68 Å². The van der Waals surface area contributed by atoms with Crippen LogP contribution in [0.3, 0.4) is 0 Å². The fourth-order valence-electron chi connectivity index (χ4n) is 3.53. The topological polar surface area (TPSA) is 68.2 Å². The van der Waals surface area contributed by atoms with E-state index in [1.165, 1.54) is 6.07 Å². The largest absolute Gasteiger partial charge is 0.573 e. The molecule has 1 aliphatic rings. The Morgan fingerprint density at radius 1 is 1.06 bits per heavy atom. The van der Waals surface area contributed by atoms with E-state index >= 15 is 0 Å². The maximum Gasteiger partial charge on any atom is 0.573 e. The van der Waals surface area contributed by atoms with Crippen LogP contribution in [0.4, 0.5) is 37.8 Å². The summed E-state index contributed by atoms with van der Waals surface area (Å²) in [5.41, 5.74) is 0.458. The van der Waals surface area contributed by atoms with Gasteiger partial charge in [0.25, 0.3) is 5.91 Å². The van der Waals surface area contributed by atoms with Gasteiger partial charge in [0, 0.05) is 22.6 Å². The normalized spacial score (nSPS) is 18.1. The van der Waals surface area contributed by atoms with Crippen molar-refractivity contribution >= 4 is 33.3 Å². The number of amides is 1. The van der Waals surface area contributed by atoms with Crippen molar-refractivity contribution in [3.63, 3.8) is 0 Å². The van der Waals surface area contributed by atoms with Crippen LogP contribution < -0.4 is 15.4 Å². The highest BCUT2D eigenvalue weighted by Crippen LogP contribution is 2.43. The van der Waals surface area contributed by atoms with Gasteiger partial charge in [-0.1, -0.05) is 28.1 Å². The lowest BCUT2D eigenvalue weighted by Gasteiger charge is -2.33. The predicted octanol–water partition coefficient (Wildman–Crippen LogP) is 6.46. The predicted molar refractivity (Wildman–Crippen MR) is 114 cm³/mol. The molecule has 6 nitrogen and oxygen atoms in total. The van der Waals surface area contributed by atoms with Gasteiger partial charge in [-0.05, 0) is 42.0 Å². The first-order valence-electron chi connectivity index (χ1n) is 9.74. The van der Waals surface area contributed by atoms with Gasteiger partial charge in [0.15, 0.2) is 11.7 Å². The quantitative estimate of drug-likeness (QED) is 0.367. The summed E-state index contributed by atoms with van der Waals surface area (Å²) in [4.78, 5) is 12.6. The van der Waals surface area contributed by atoms with Crippen LogP contribution in [0.2, 0.25) is 0 Å². The summed E-state index contributed by atoms with van der Waals surface area (Å²) in [6.07, 6.45) is -9.81. The van der Waals surface area contributed by atoms with Crippen molar-refractivity contribution in [3.8, 4) is 5.75 Å². The molecule has 2 N–H and O–H groups in total. The van der Waals surface area contributed by atoms with Crippen molar-refractivity contribution in [1.82, 2.24) is 9.78 Å². The number of anilines is 2. The Morgan fingerprint density at radius 3 is 2.29 bits per heavy atom. The van der Waals surface area contributed by atoms with Crippen LogP contribution in [0.5, 0.6) is 5.75 Å². The fourth-order valence-corrected chi connectivity index (χ4v) is 3.80. The van der Waals surface area contributed by atoms with Crippen LogP contribution >= 0.6 is 15.9 Å². The van der Waals surface area contributed by atoms with E-state index in [1.807, 2.05) is 0 Å². The lowest BCUT2D eigenvalue weighted by Crippen LogP contribution is -2.35. The SMILES string of the molecule is O=C(Nc1ccc(OC(F)(F)F)cc1)c1cc2n(n1)[C@@H](C(F)(F)F)C[C@@H](c1ccc(Br)cc1)N2. The third kappa shape index (κ3) is 5.46. The highest BCUT2D eigenvalue weighted by molar-refractivity contribution is 9.10. The summed E-state index contributed by atoms with van der Waals surface area (Å²) in [6.45, 7) is 0. The molecule has 0 radical (unpaired) electrons. The van der Waals surface area contributed by atoms with E-state index in [2.05, 4.69) is 36.4 Å². The molecule has 0 bridgehead atoms. The Kier molecular flexibility index (Phi) is 6.23. The zero-order chi connectivity index (χ0) is 24.7. The Balaban J connectivity index is 1.55. The van der Waals surface area contributed by atoms with Crippen molar-refractivity contribution < 1.29 is 35.9 Å². The maximum absolute atomic E-state index is 13.8. The number of alkyl halides is 6. The highest BCUT2D eigenvalue weighted by Gasteiger charge is 2.46.